The highest BCUT2D eigenvalue weighted by molar-refractivity contribution is 7.99. The summed E-state index contributed by atoms with van der Waals surface area (Å²) < 4.78 is 64.5. The maximum absolute atomic E-state index is 13.3. The number of rotatable bonds is 12. The summed E-state index contributed by atoms with van der Waals surface area (Å²) in [6.45, 7) is 3.85. The largest absolute Gasteiger partial charge is 0.487 e. The Morgan fingerprint density at radius 3 is 2.38 bits per heavy atom. The summed E-state index contributed by atoms with van der Waals surface area (Å²) in [5, 5.41) is 8.93. The minimum absolute atomic E-state index is 0.0884. The van der Waals surface area contributed by atoms with Gasteiger partial charge in [-0.3, -0.25) is 4.79 Å². The van der Waals surface area contributed by atoms with Gasteiger partial charge in [0, 0.05) is 17.1 Å². The number of benzene rings is 3. The van der Waals surface area contributed by atoms with Crippen LogP contribution in [0.15, 0.2) is 65.6 Å². The summed E-state index contributed by atoms with van der Waals surface area (Å²) in [5.41, 5.74) is 1.27. The highest BCUT2D eigenvalue weighted by Crippen LogP contribution is 2.39. The average molecular weight is 537 g/mol. The molecule has 0 saturated heterocycles. The molecule has 0 spiro atoms. The van der Waals surface area contributed by atoms with Crippen molar-refractivity contribution in [1.82, 2.24) is 0 Å². The predicted molar refractivity (Wildman–Crippen MR) is 135 cm³/mol. The molecule has 0 unspecified atom stereocenters. The number of alkyl halides is 3. The van der Waals surface area contributed by atoms with E-state index in [1.165, 1.54) is 18.2 Å². The van der Waals surface area contributed by atoms with Crippen molar-refractivity contribution in [2.24, 2.45) is 0 Å². The molecule has 37 heavy (non-hydrogen) atoms. The van der Waals surface area contributed by atoms with Gasteiger partial charge in [-0.2, -0.15) is 13.2 Å². The Morgan fingerprint density at radius 2 is 1.73 bits per heavy atom. The lowest BCUT2D eigenvalue weighted by atomic mass is 10.0. The molecule has 3 aromatic carbocycles. The minimum Gasteiger partial charge on any atom is -0.487 e. The number of ether oxygens (including phenoxy) is 2. The van der Waals surface area contributed by atoms with Gasteiger partial charge in [-0.05, 0) is 91.9 Å². The third kappa shape index (κ3) is 8.70. The topological polar surface area (TPSA) is 55.8 Å². The van der Waals surface area contributed by atoms with E-state index in [2.05, 4.69) is 6.07 Å². The van der Waals surface area contributed by atoms with E-state index < -0.39 is 23.5 Å². The van der Waals surface area contributed by atoms with Gasteiger partial charge in [-0.25, -0.2) is 4.39 Å². The zero-order valence-electron chi connectivity index (χ0n) is 20.5. The second kappa shape index (κ2) is 12.9. The van der Waals surface area contributed by atoms with Crippen LogP contribution in [-0.2, 0) is 23.8 Å². The number of hydrogen-bond acceptors (Lipinski definition) is 4. The maximum Gasteiger partial charge on any atom is 0.416 e. The van der Waals surface area contributed by atoms with Crippen LogP contribution < -0.4 is 9.47 Å². The van der Waals surface area contributed by atoms with Crippen LogP contribution in [0, 0.1) is 5.82 Å². The molecule has 1 atom stereocenters. The second-order valence-electron chi connectivity index (χ2n) is 8.46. The Labute approximate surface area is 217 Å². The first kappa shape index (κ1) is 28.4. The lowest BCUT2D eigenvalue weighted by molar-refractivity contribution is -0.138. The highest BCUT2D eigenvalue weighted by Gasteiger charge is 2.32. The van der Waals surface area contributed by atoms with Crippen molar-refractivity contribution in [2.75, 3.05) is 5.75 Å². The van der Waals surface area contributed by atoms with Gasteiger partial charge in [0.15, 0.2) is 11.5 Å². The summed E-state index contributed by atoms with van der Waals surface area (Å²) in [5.74, 6) is -0.370. The molecule has 1 N–H and O–H groups in total. The van der Waals surface area contributed by atoms with Gasteiger partial charge in [-0.15, -0.1) is 11.8 Å². The van der Waals surface area contributed by atoms with Crippen molar-refractivity contribution in [3.63, 3.8) is 0 Å². The molecule has 0 radical (unpaired) electrons. The molecule has 198 valence electrons. The summed E-state index contributed by atoms with van der Waals surface area (Å²) in [7, 11) is 0. The smallest absolute Gasteiger partial charge is 0.416 e. The third-order valence-electron chi connectivity index (χ3n) is 5.60. The van der Waals surface area contributed by atoms with Crippen LogP contribution in [0.1, 0.15) is 43.4 Å². The molecule has 0 aliphatic heterocycles. The van der Waals surface area contributed by atoms with Crippen molar-refractivity contribution in [2.45, 2.75) is 56.7 Å². The first-order valence-electron chi connectivity index (χ1n) is 11.8. The first-order chi connectivity index (χ1) is 17.5. The van der Waals surface area contributed by atoms with Crippen molar-refractivity contribution in [3.05, 3.63) is 83.2 Å². The average Bonchev–Trinajstić information content (AvgIpc) is 2.84. The van der Waals surface area contributed by atoms with Gasteiger partial charge >= 0.3 is 12.1 Å². The van der Waals surface area contributed by atoms with E-state index in [0.29, 0.717) is 18.6 Å². The molecular weight excluding hydrogens is 508 g/mol. The third-order valence-corrected chi connectivity index (χ3v) is 6.63. The van der Waals surface area contributed by atoms with Gasteiger partial charge < -0.3 is 14.6 Å². The number of halogens is 4. The van der Waals surface area contributed by atoms with E-state index in [-0.39, 0.29) is 29.8 Å². The van der Waals surface area contributed by atoms with E-state index in [9.17, 15) is 22.4 Å². The number of carboxylic acids is 1. The molecule has 0 saturated carbocycles. The SMILES string of the molecule is CCc1cc(SCC[C@H](C)Oc2ccc(C(F)(F)F)cc2Oc2ccc(F)cc2)ccc1CCC(=O)O. The quantitative estimate of drug-likeness (QED) is 0.187. The number of hydrogen-bond donors (Lipinski definition) is 1. The lowest BCUT2D eigenvalue weighted by Crippen LogP contribution is -2.14. The van der Waals surface area contributed by atoms with Crippen LogP contribution in [0.4, 0.5) is 17.6 Å². The molecule has 3 rings (SSSR count). The fourth-order valence-electron chi connectivity index (χ4n) is 3.62. The Bertz CT molecular complexity index is 1200. The fraction of sp³-hybridized carbons (Fsp3) is 0.321. The maximum atomic E-state index is 13.3. The second-order valence-corrected chi connectivity index (χ2v) is 9.63. The van der Waals surface area contributed by atoms with Crippen LogP contribution in [-0.4, -0.2) is 22.9 Å². The zero-order valence-corrected chi connectivity index (χ0v) is 21.3. The molecule has 0 amide bonds. The van der Waals surface area contributed by atoms with Gasteiger partial charge in [-0.1, -0.05) is 13.0 Å². The van der Waals surface area contributed by atoms with Crippen LogP contribution in [0.25, 0.3) is 0 Å². The summed E-state index contributed by atoms with van der Waals surface area (Å²) in [4.78, 5) is 11.9. The number of aryl methyl sites for hydroxylation is 2. The van der Waals surface area contributed by atoms with Crippen LogP contribution >= 0.6 is 11.8 Å². The number of aliphatic carboxylic acids is 1. The summed E-state index contributed by atoms with van der Waals surface area (Å²) in [6, 6.07) is 14.0. The van der Waals surface area contributed by atoms with E-state index >= 15 is 0 Å². The fourth-order valence-corrected chi connectivity index (χ4v) is 4.69. The van der Waals surface area contributed by atoms with Crippen molar-refractivity contribution in [3.8, 4) is 17.2 Å². The van der Waals surface area contributed by atoms with Crippen LogP contribution in [0.5, 0.6) is 17.2 Å². The zero-order chi connectivity index (χ0) is 27.0. The van der Waals surface area contributed by atoms with Gasteiger partial charge in [0.1, 0.15) is 11.6 Å². The summed E-state index contributed by atoms with van der Waals surface area (Å²) >= 11 is 1.62. The molecule has 0 fully saturated rings. The van der Waals surface area contributed by atoms with E-state index in [0.717, 1.165) is 46.7 Å². The molecule has 9 heteroatoms. The molecule has 0 aliphatic carbocycles. The standard InChI is InChI=1S/C28H28F4O4S/c1-3-19-16-24(11-4-20(19)5-13-27(33)34)37-15-14-18(2)35-25-12-6-21(28(30,31)32)17-26(25)36-23-9-7-22(29)8-10-23/h4,6-12,16-18H,3,5,13-15H2,1-2H3,(H,33,34)/t18-/m0/s1. The van der Waals surface area contributed by atoms with E-state index in [4.69, 9.17) is 14.6 Å². The molecule has 4 nitrogen and oxygen atoms in total. The van der Waals surface area contributed by atoms with Crippen LogP contribution in [0.3, 0.4) is 0 Å². The Kier molecular flexibility index (Phi) is 9.86. The molecule has 0 heterocycles. The monoisotopic (exact) mass is 536 g/mol. The van der Waals surface area contributed by atoms with Gasteiger partial charge in [0.2, 0.25) is 0 Å². The first-order valence-corrected chi connectivity index (χ1v) is 12.8. The Balaban J connectivity index is 1.64. The molecule has 0 aliphatic rings. The molecule has 0 bridgehead atoms. The van der Waals surface area contributed by atoms with Crippen molar-refractivity contribution >= 4 is 17.7 Å². The van der Waals surface area contributed by atoms with E-state index in [1.54, 1.807) is 11.8 Å². The normalized spacial score (nSPS) is 12.3. The van der Waals surface area contributed by atoms with Gasteiger partial charge in [0.25, 0.3) is 0 Å². The lowest BCUT2D eigenvalue weighted by Gasteiger charge is -2.19. The van der Waals surface area contributed by atoms with Crippen molar-refractivity contribution < 1.29 is 36.9 Å². The summed E-state index contributed by atoms with van der Waals surface area (Å²) in [6.07, 6.45) is -2.88. The van der Waals surface area contributed by atoms with Gasteiger partial charge in [0.05, 0.1) is 11.7 Å². The highest BCUT2D eigenvalue weighted by atomic mass is 32.2. The molecular formula is C28H28F4O4S. The Morgan fingerprint density at radius 1 is 1.00 bits per heavy atom. The molecule has 0 aromatic heterocycles. The number of carbonyl (C=O) groups is 1. The number of thioether (sulfide) groups is 1. The predicted octanol–water partition coefficient (Wildman–Crippen LogP) is 8.17. The van der Waals surface area contributed by atoms with Crippen molar-refractivity contribution in [1.29, 1.82) is 0 Å². The minimum atomic E-state index is -4.55. The van der Waals surface area contributed by atoms with Crippen LogP contribution in [0.2, 0.25) is 0 Å². The Hall–Kier alpha value is -3.20. The molecule has 3 aromatic rings. The van der Waals surface area contributed by atoms with E-state index in [1.807, 2.05) is 26.0 Å². The number of carboxylic acid groups (broad SMARTS) is 1.